The number of carbonyl (C=O) groups excluding carboxylic acids is 1. The van der Waals surface area contributed by atoms with Gasteiger partial charge in [-0.3, -0.25) is 0 Å². The average molecular weight is 343 g/mol. The number of nitrogens with zero attached hydrogens (tertiary/aromatic N) is 1. The number of aryl methyl sites for hydroxylation is 2. The molecule has 130 valence electrons. The van der Waals surface area contributed by atoms with Crippen LogP contribution in [0.2, 0.25) is 0 Å². The van der Waals surface area contributed by atoms with E-state index < -0.39 is 5.97 Å². The van der Waals surface area contributed by atoms with E-state index in [1.807, 2.05) is 18.2 Å². The molecule has 0 spiro atoms. The van der Waals surface area contributed by atoms with Crippen LogP contribution in [-0.2, 0) is 4.79 Å². The Hall–Kier alpha value is -3.33. The lowest BCUT2D eigenvalue weighted by atomic mass is 10.1. The number of carbonyl (C=O) groups is 1. The quantitative estimate of drug-likeness (QED) is 0.330. The molecule has 0 aromatic heterocycles. The van der Waals surface area contributed by atoms with Crippen molar-refractivity contribution in [1.82, 2.24) is 0 Å². The third kappa shape index (κ3) is 4.01. The molecule has 0 saturated heterocycles. The zero-order valence-electron chi connectivity index (χ0n) is 15.0. The molecule has 3 aromatic rings. The first-order chi connectivity index (χ1) is 12.6. The van der Waals surface area contributed by atoms with Crippen LogP contribution in [0.3, 0.4) is 0 Å². The number of anilines is 3. The maximum absolute atomic E-state index is 11.5. The van der Waals surface area contributed by atoms with Gasteiger partial charge in [0.15, 0.2) is 0 Å². The summed E-state index contributed by atoms with van der Waals surface area (Å²) in [5.74, 6) is 0.0102. The number of hydrogen-bond acceptors (Lipinski definition) is 3. The van der Waals surface area contributed by atoms with E-state index in [1.165, 1.54) is 11.1 Å². The first kappa shape index (κ1) is 17.5. The first-order valence-electron chi connectivity index (χ1n) is 8.44. The lowest BCUT2D eigenvalue weighted by molar-refractivity contribution is -0.128. The minimum Gasteiger partial charge on any atom is -0.423 e. The largest absolute Gasteiger partial charge is 0.423 e. The van der Waals surface area contributed by atoms with E-state index in [0.717, 1.165) is 23.1 Å². The Morgan fingerprint density at radius 3 is 1.88 bits per heavy atom. The number of hydrogen-bond donors (Lipinski definition) is 0. The molecule has 3 nitrogen and oxygen atoms in total. The van der Waals surface area contributed by atoms with E-state index >= 15 is 0 Å². The van der Waals surface area contributed by atoms with Crippen LogP contribution in [0.1, 0.15) is 11.1 Å². The topological polar surface area (TPSA) is 29.5 Å². The van der Waals surface area contributed by atoms with Gasteiger partial charge in [-0.2, -0.15) is 0 Å². The molecule has 0 aliphatic carbocycles. The zero-order chi connectivity index (χ0) is 18.5. The van der Waals surface area contributed by atoms with Crippen molar-refractivity contribution in [2.75, 3.05) is 4.90 Å². The molecule has 26 heavy (non-hydrogen) atoms. The van der Waals surface area contributed by atoms with Gasteiger partial charge in [0.05, 0.1) is 0 Å². The maximum Gasteiger partial charge on any atom is 0.335 e. The van der Waals surface area contributed by atoms with Gasteiger partial charge in [0.1, 0.15) is 5.75 Å². The lowest BCUT2D eigenvalue weighted by Crippen LogP contribution is -2.10. The van der Waals surface area contributed by atoms with Crippen molar-refractivity contribution in [2.45, 2.75) is 13.8 Å². The molecule has 3 rings (SSSR count). The van der Waals surface area contributed by atoms with Crippen LogP contribution in [0.4, 0.5) is 17.1 Å². The first-order valence-corrected chi connectivity index (χ1v) is 8.44. The summed E-state index contributed by atoms with van der Waals surface area (Å²) in [6, 6.07) is 24.1. The van der Waals surface area contributed by atoms with Crippen molar-refractivity contribution >= 4 is 23.0 Å². The summed E-state index contributed by atoms with van der Waals surface area (Å²) < 4.78 is 5.28. The fraction of sp³-hybridized carbons (Fsp3) is 0.0870. The zero-order valence-corrected chi connectivity index (χ0v) is 15.0. The minimum absolute atomic E-state index is 0.473. The van der Waals surface area contributed by atoms with Crippen LogP contribution in [0.15, 0.2) is 85.5 Å². The molecule has 0 bridgehead atoms. The molecule has 0 N–H and O–H groups in total. The SMILES string of the molecule is C=CC(=O)Oc1cccc(N(c2ccc(C)cc2)c2ccc(C)cc2)c1. The van der Waals surface area contributed by atoms with E-state index in [-0.39, 0.29) is 0 Å². The molecule has 0 amide bonds. The van der Waals surface area contributed by atoms with Crippen LogP contribution < -0.4 is 9.64 Å². The normalized spacial score (nSPS) is 10.2. The van der Waals surface area contributed by atoms with E-state index in [0.29, 0.717) is 5.75 Å². The predicted molar refractivity (Wildman–Crippen MR) is 106 cm³/mol. The smallest absolute Gasteiger partial charge is 0.335 e. The van der Waals surface area contributed by atoms with E-state index in [9.17, 15) is 4.79 Å². The predicted octanol–water partition coefficient (Wildman–Crippen LogP) is 5.86. The van der Waals surface area contributed by atoms with E-state index in [1.54, 1.807) is 6.07 Å². The van der Waals surface area contributed by atoms with Crippen LogP contribution in [0.5, 0.6) is 5.75 Å². The van der Waals surface area contributed by atoms with Crippen LogP contribution >= 0.6 is 0 Å². The summed E-state index contributed by atoms with van der Waals surface area (Å²) in [5.41, 5.74) is 5.38. The Kier molecular flexibility index (Phi) is 5.18. The molecule has 0 fully saturated rings. The summed E-state index contributed by atoms with van der Waals surface area (Å²) in [6.07, 6.45) is 1.16. The minimum atomic E-state index is -0.473. The third-order valence-corrected chi connectivity index (χ3v) is 4.05. The lowest BCUT2D eigenvalue weighted by Gasteiger charge is -2.26. The van der Waals surface area contributed by atoms with Gasteiger partial charge in [-0.15, -0.1) is 0 Å². The van der Waals surface area contributed by atoms with Crippen molar-refractivity contribution < 1.29 is 9.53 Å². The molecule has 0 saturated carbocycles. The highest BCUT2D eigenvalue weighted by atomic mass is 16.5. The molecular weight excluding hydrogens is 322 g/mol. The van der Waals surface area contributed by atoms with E-state index in [2.05, 4.69) is 73.9 Å². The Labute approximate surface area is 154 Å². The van der Waals surface area contributed by atoms with Crippen LogP contribution in [0, 0.1) is 13.8 Å². The molecule has 0 aliphatic rings. The van der Waals surface area contributed by atoms with Gasteiger partial charge >= 0.3 is 5.97 Å². The highest BCUT2D eigenvalue weighted by Gasteiger charge is 2.13. The highest BCUT2D eigenvalue weighted by Crippen LogP contribution is 2.36. The van der Waals surface area contributed by atoms with Gasteiger partial charge in [0.2, 0.25) is 0 Å². The summed E-state index contributed by atoms with van der Waals surface area (Å²) in [5, 5.41) is 0. The molecule has 3 heteroatoms. The van der Waals surface area contributed by atoms with Gasteiger partial charge in [-0.05, 0) is 50.2 Å². The fourth-order valence-corrected chi connectivity index (χ4v) is 2.68. The standard InChI is InChI=1S/C23H21NO2/c1-4-23(25)26-22-7-5-6-21(16-22)24(19-12-8-17(2)9-13-19)20-14-10-18(3)11-15-20/h4-16H,1H2,2-3H3. The Balaban J connectivity index is 2.07. The second-order valence-electron chi connectivity index (χ2n) is 6.13. The van der Waals surface area contributed by atoms with Crippen molar-refractivity contribution in [3.63, 3.8) is 0 Å². The molecule has 3 aromatic carbocycles. The number of ether oxygens (including phenoxy) is 1. The van der Waals surface area contributed by atoms with Gasteiger partial charge in [0, 0.05) is 29.2 Å². The maximum atomic E-state index is 11.5. The molecule has 0 aliphatic heterocycles. The Morgan fingerprint density at radius 2 is 1.38 bits per heavy atom. The second-order valence-corrected chi connectivity index (χ2v) is 6.13. The third-order valence-electron chi connectivity index (χ3n) is 4.05. The van der Waals surface area contributed by atoms with Crippen molar-refractivity contribution in [3.8, 4) is 5.75 Å². The number of benzene rings is 3. The molecule has 0 atom stereocenters. The monoisotopic (exact) mass is 343 g/mol. The number of esters is 1. The second kappa shape index (κ2) is 7.70. The Morgan fingerprint density at radius 1 is 0.846 bits per heavy atom. The summed E-state index contributed by atoms with van der Waals surface area (Å²) in [6.45, 7) is 7.57. The molecule has 0 radical (unpaired) electrons. The van der Waals surface area contributed by atoms with Crippen LogP contribution in [0.25, 0.3) is 0 Å². The van der Waals surface area contributed by atoms with Gasteiger partial charge in [-0.1, -0.05) is 48.0 Å². The van der Waals surface area contributed by atoms with Crippen molar-refractivity contribution in [2.24, 2.45) is 0 Å². The van der Waals surface area contributed by atoms with Crippen molar-refractivity contribution in [3.05, 3.63) is 96.6 Å². The summed E-state index contributed by atoms with van der Waals surface area (Å²) in [7, 11) is 0. The van der Waals surface area contributed by atoms with Gasteiger partial charge in [-0.25, -0.2) is 4.79 Å². The summed E-state index contributed by atoms with van der Waals surface area (Å²) >= 11 is 0. The molecule has 0 heterocycles. The van der Waals surface area contributed by atoms with Gasteiger partial charge < -0.3 is 9.64 Å². The fourth-order valence-electron chi connectivity index (χ4n) is 2.68. The van der Waals surface area contributed by atoms with Crippen molar-refractivity contribution in [1.29, 1.82) is 0 Å². The molecule has 0 unspecified atom stereocenters. The Bertz CT molecular complexity index is 866. The molecular formula is C23H21NO2. The average Bonchev–Trinajstić information content (AvgIpc) is 2.65. The number of rotatable bonds is 5. The van der Waals surface area contributed by atoms with E-state index in [4.69, 9.17) is 4.74 Å². The van der Waals surface area contributed by atoms with Gasteiger partial charge in [0.25, 0.3) is 0 Å². The van der Waals surface area contributed by atoms with Crippen LogP contribution in [-0.4, -0.2) is 5.97 Å². The highest BCUT2D eigenvalue weighted by molar-refractivity contribution is 5.84. The summed E-state index contributed by atoms with van der Waals surface area (Å²) in [4.78, 5) is 13.7.